The van der Waals surface area contributed by atoms with Crippen molar-refractivity contribution < 1.29 is 44.7 Å². The molecule has 0 bridgehead atoms. The summed E-state index contributed by atoms with van der Waals surface area (Å²) in [5, 5.41) is 36.4. The number of ether oxygens (including phenoxy) is 1. The van der Waals surface area contributed by atoms with Crippen LogP contribution in [0.2, 0.25) is 0 Å². The van der Waals surface area contributed by atoms with E-state index in [0.29, 0.717) is 46.6 Å². The Bertz CT molecular complexity index is 491. The Kier molecular flexibility index (Phi) is 27.9. The Hall–Kier alpha value is -2.32. The van der Waals surface area contributed by atoms with Crippen LogP contribution in [0.5, 0.6) is 0 Å². The number of rotatable bonds is 7. The van der Waals surface area contributed by atoms with Gasteiger partial charge >= 0.3 is 0 Å². The molecule has 0 unspecified atom stereocenters. The molecule has 0 fully saturated rings. The molecule has 0 aromatic carbocycles. The standard InChI is InChI=1S/C6H13NO3.C5H11NO2.C4H9NO2.C3H7NO2/c1-3-10-5-4-7(9)6(2)8;1-3-4-6(8)5(2)7;1-3-5(7)4(2)6;1-3(5)4(2)6/h9H,3-5H2,1-2H3;8H,3-4H2,1-2H3;7H,3H2,1-2H3;6H,1-2H3. The molecule has 0 saturated heterocycles. The topological polar surface area (TPSA) is 171 Å². The largest absolute Gasteiger partial charge is 0.380 e. The van der Waals surface area contributed by atoms with Gasteiger partial charge < -0.3 is 4.74 Å². The molecule has 31 heavy (non-hydrogen) atoms. The van der Waals surface area contributed by atoms with Crippen LogP contribution in [0, 0.1) is 0 Å². The van der Waals surface area contributed by atoms with E-state index in [4.69, 9.17) is 25.6 Å². The average Bonchev–Trinajstić information content (AvgIpc) is 2.68. The lowest BCUT2D eigenvalue weighted by Gasteiger charge is -2.11. The van der Waals surface area contributed by atoms with Gasteiger partial charge in [0.1, 0.15) is 0 Å². The van der Waals surface area contributed by atoms with Crippen LogP contribution < -0.4 is 0 Å². The monoisotopic (exact) mass is 456 g/mol. The van der Waals surface area contributed by atoms with Crippen LogP contribution in [0.25, 0.3) is 0 Å². The molecule has 0 aromatic rings. The smallest absolute Gasteiger partial charge is 0.242 e. The Morgan fingerprint density at radius 3 is 1.19 bits per heavy atom. The van der Waals surface area contributed by atoms with Crippen molar-refractivity contribution in [2.75, 3.05) is 39.9 Å². The van der Waals surface area contributed by atoms with Crippen LogP contribution in [0.15, 0.2) is 0 Å². The normalized spacial score (nSPS) is 8.77. The van der Waals surface area contributed by atoms with Gasteiger partial charge in [-0.2, -0.15) is 0 Å². The number of nitrogens with zero attached hydrogens (tertiary/aromatic N) is 4. The summed E-state index contributed by atoms with van der Waals surface area (Å²) in [4.78, 5) is 40.4. The third-order valence-corrected chi connectivity index (χ3v) is 2.93. The Morgan fingerprint density at radius 1 is 0.677 bits per heavy atom. The lowest BCUT2D eigenvalue weighted by Crippen LogP contribution is -2.28. The summed E-state index contributed by atoms with van der Waals surface area (Å²) in [5.41, 5.74) is 0. The van der Waals surface area contributed by atoms with Crippen LogP contribution in [0.1, 0.15) is 54.9 Å². The summed E-state index contributed by atoms with van der Waals surface area (Å²) >= 11 is 0. The Morgan fingerprint density at radius 2 is 1.03 bits per heavy atom. The molecule has 0 spiro atoms. The summed E-state index contributed by atoms with van der Waals surface area (Å²) < 4.78 is 4.90. The fourth-order valence-electron chi connectivity index (χ4n) is 1.04. The van der Waals surface area contributed by atoms with Crippen LogP contribution in [-0.2, 0) is 23.9 Å². The van der Waals surface area contributed by atoms with Gasteiger partial charge in [0.15, 0.2) is 0 Å². The summed E-state index contributed by atoms with van der Waals surface area (Å²) in [6.45, 7) is 12.7. The van der Waals surface area contributed by atoms with Crippen LogP contribution in [-0.4, -0.2) is 105 Å². The number of amides is 4. The van der Waals surface area contributed by atoms with Crippen molar-refractivity contribution in [2.24, 2.45) is 0 Å². The zero-order valence-electron chi connectivity index (χ0n) is 19.9. The maximum Gasteiger partial charge on any atom is 0.242 e. The van der Waals surface area contributed by atoms with Crippen molar-refractivity contribution in [3.63, 3.8) is 0 Å². The fraction of sp³-hybridized carbons (Fsp3) is 0.778. The van der Waals surface area contributed by atoms with E-state index >= 15 is 0 Å². The molecule has 13 heteroatoms. The summed E-state index contributed by atoms with van der Waals surface area (Å²) in [6.07, 6.45) is 0.788. The maximum absolute atomic E-state index is 10.4. The molecular formula is C18H40N4O9. The molecule has 0 atom stereocenters. The minimum Gasteiger partial charge on any atom is -0.380 e. The number of carbonyl (C=O) groups excluding carboxylic acids is 4. The van der Waals surface area contributed by atoms with Gasteiger partial charge in [-0.05, 0) is 20.3 Å². The molecule has 0 heterocycles. The van der Waals surface area contributed by atoms with Gasteiger partial charge in [0.2, 0.25) is 23.6 Å². The predicted molar refractivity (Wildman–Crippen MR) is 110 cm³/mol. The van der Waals surface area contributed by atoms with Crippen molar-refractivity contribution in [3.8, 4) is 0 Å². The molecule has 0 aliphatic carbocycles. The van der Waals surface area contributed by atoms with Crippen molar-refractivity contribution in [2.45, 2.75) is 54.9 Å². The first-order valence-electron chi connectivity index (χ1n) is 9.61. The molecule has 186 valence electrons. The first-order chi connectivity index (χ1) is 14.2. The van der Waals surface area contributed by atoms with Gasteiger partial charge in [-0.3, -0.25) is 40.0 Å². The predicted octanol–water partition coefficient (Wildman–Crippen LogP) is 0.993. The third-order valence-electron chi connectivity index (χ3n) is 2.93. The van der Waals surface area contributed by atoms with E-state index in [1.165, 1.54) is 34.7 Å². The van der Waals surface area contributed by atoms with Crippen LogP contribution in [0.3, 0.4) is 0 Å². The molecule has 0 saturated carbocycles. The van der Waals surface area contributed by atoms with Crippen LogP contribution in [0.4, 0.5) is 0 Å². The molecule has 4 N–H and O–H groups in total. The minimum atomic E-state index is -0.361. The van der Waals surface area contributed by atoms with E-state index in [0.717, 1.165) is 6.42 Å². The molecule has 0 aromatic heterocycles. The highest BCUT2D eigenvalue weighted by molar-refractivity contribution is 5.72. The molecular weight excluding hydrogens is 416 g/mol. The molecule has 0 aliphatic heterocycles. The lowest BCUT2D eigenvalue weighted by atomic mass is 10.5. The van der Waals surface area contributed by atoms with Gasteiger partial charge in [-0.1, -0.05) is 6.92 Å². The maximum atomic E-state index is 10.4. The fourth-order valence-corrected chi connectivity index (χ4v) is 1.04. The number of hydrogen-bond acceptors (Lipinski definition) is 9. The first-order valence-corrected chi connectivity index (χ1v) is 9.61. The molecule has 13 nitrogen and oxygen atoms in total. The lowest BCUT2D eigenvalue weighted by molar-refractivity contribution is -0.165. The highest BCUT2D eigenvalue weighted by Gasteiger charge is 2.02. The highest BCUT2D eigenvalue weighted by Crippen LogP contribution is 1.84. The van der Waals surface area contributed by atoms with Gasteiger partial charge in [-0.15, -0.1) is 0 Å². The second-order valence-electron chi connectivity index (χ2n) is 5.76. The zero-order chi connectivity index (χ0) is 25.6. The summed E-state index contributed by atoms with van der Waals surface area (Å²) in [7, 11) is 1.28. The van der Waals surface area contributed by atoms with Crippen molar-refractivity contribution in [3.05, 3.63) is 0 Å². The van der Waals surface area contributed by atoms with Gasteiger partial charge in [0.05, 0.1) is 13.2 Å². The summed E-state index contributed by atoms with van der Waals surface area (Å²) in [5.74, 6) is -1.33. The number of hydrogen-bond donors (Lipinski definition) is 4. The second-order valence-corrected chi connectivity index (χ2v) is 5.76. The van der Waals surface area contributed by atoms with Crippen molar-refractivity contribution >= 4 is 23.6 Å². The van der Waals surface area contributed by atoms with E-state index in [9.17, 15) is 19.2 Å². The molecule has 0 aliphatic rings. The molecule has 4 amide bonds. The first kappa shape index (κ1) is 36.1. The number of hydroxylamine groups is 8. The van der Waals surface area contributed by atoms with E-state index in [-0.39, 0.29) is 30.2 Å². The SMILES string of the molecule is CC(=O)N(C)O.CCCN(O)C(C)=O.CCN(O)C(C)=O.CCOCCN(O)C(C)=O. The van der Waals surface area contributed by atoms with Gasteiger partial charge in [0, 0.05) is 54.4 Å². The second kappa shape index (κ2) is 24.0. The van der Waals surface area contributed by atoms with Gasteiger partial charge in [0.25, 0.3) is 0 Å². The van der Waals surface area contributed by atoms with Crippen molar-refractivity contribution in [1.29, 1.82) is 0 Å². The Labute approximate surface area is 184 Å². The number of carbonyl (C=O) groups is 4. The van der Waals surface area contributed by atoms with Crippen LogP contribution >= 0.6 is 0 Å². The average molecular weight is 457 g/mol. The van der Waals surface area contributed by atoms with E-state index in [1.54, 1.807) is 6.92 Å². The van der Waals surface area contributed by atoms with E-state index < -0.39 is 0 Å². The third kappa shape index (κ3) is 32.6. The summed E-state index contributed by atoms with van der Waals surface area (Å²) in [6, 6.07) is 0. The van der Waals surface area contributed by atoms with Crippen molar-refractivity contribution in [1.82, 2.24) is 20.3 Å². The Balaban J connectivity index is -0.000000160. The van der Waals surface area contributed by atoms with Gasteiger partial charge in [-0.25, -0.2) is 20.3 Å². The minimum absolute atomic E-state index is 0.239. The quantitative estimate of drug-likeness (QED) is 0.248. The highest BCUT2D eigenvalue weighted by atomic mass is 16.5. The molecule has 0 rings (SSSR count). The van der Waals surface area contributed by atoms with E-state index in [1.807, 2.05) is 13.8 Å². The van der Waals surface area contributed by atoms with E-state index in [2.05, 4.69) is 0 Å². The molecule has 0 radical (unpaired) electrons. The zero-order valence-corrected chi connectivity index (χ0v) is 19.9.